The van der Waals surface area contributed by atoms with Gasteiger partial charge in [0.1, 0.15) is 0 Å². The van der Waals surface area contributed by atoms with Crippen LogP contribution in [0.15, 0.2) is 334 Å². The van der Waals surface area contributed by atoms with Crippen LogP contribution in [0, 0.1) is 0 Å². The lowest BCUT2D eigenvalue weighted by Crippen LogP contribution is -2.10. The Morgan fingerprint density at radius 1 is 0.175 bits per heavy atom. The first-order valence-corrected chi connectivity index (χ1v) is 27.3. The third-order valence-corrected chi connectivity index (χ3v) is 14.9. The second-order valence-corrected chi connectivity index (χ2v) is 19.8. The lowest BCUT2D eigenvalue weighted by atomic mass is 9.74. The van der Waals surface area contributed by atoms with Crippen molar-refractivity contribution in [3.63, 3.8) is 0 Å². The molecule has 13 rings (SSSR count). The van der Waals surface area contributed by atoms with E-state index < -0.39 is 0 Å². The van der Waals surface area contributed by atoms with Crippen molar-refractivity contribution in [1.29, 1.82) is 0 Å². The molecule has 1 heterocycles. The van der Waals surface area contributed by atoms with Gasteiger partial charge in [-0.25, -0.2) is 0 Å². The third kappa shape index (κ3) is 9.88. The van der Waals surface area contributed by atoms with Crippen LogP contribution in [0.3, 0.4) is 0 Å². The number of nitrogens with zero attached hydrogens (tertiary/aromatic N) is 3. The highest BCUT2D eigenvalue weighted by Crippen LogP contribution is 2.56. The monoisotopic (exact) mass is 1020 g/mol. The zero-order chi connectivity index (χ0) is 53.5. The Bertz CT molecular complexity index is 4060. The van der Waals surface area contributed by atoms with Gasteiger partial charge >= 0.3 is 0 Å². The van der Waals surface area contributed by atoms with Crippen molar-refractivity contribution in [3.8, 4) is 89.1 Å². The largest absolute Gasteiger partial charge is 0.311 e. The topological polar surface area (TPSA) is 19.4 Å². The minimum atomic E-state index is 0.951. The summed E-state index contributed by atoms with van der Waals surface area (Å²) in [4.78, 5) is 9.35. The fourth-order valence-corrected chi connectivity index (χ4v) is 11.3. The van der Waals surface area contributed by atoms with Crippen LogP contribution >= 0.6 is 0 Å². The van der Waals surface area contributed by atoms with Crippen molar-refractivity contribution < 1.29 is 0 Å². The van der Waals surface area contributed by atoms with E-state index in [4.69, 9.17) is 0 Å². The van der Waals surface area contributed by atoms with E-state index in [9.17, 15) is 0 Å². The summed E-state index contributed by atoms with van der Waals surface area (Å²) >= 11 is 0. The highest BCUT2D eigenvalue weighted by Gasteiger charge is 2.30. The Labute approximate surface area is 469 Å². The van der Waals surface area contributed by atoms with Gasteiger partial charge in [-0.1, -0.05) is 237 Å². The first kappa shape index (κ1) is 49.0. The number of aromatic nitrogens is 1. The summed E-state index contributed by atoms with van der Waals surface area (Å²) in [6, 6.07) is 118. The average Bonchev–Trinajstić information content (AvgIpc) is 3.66. The minimum Gasteiger partial charge on any atom is -0.311 e. The Morgan fingerprint density at radius 2 is 0.425 bits per heavy atom. The lowest BCUT2D eigenvalue weighted by molar-refractivity contribution is 1.28. The smallest absolute Gasteiger partial charge is 0.0702 e. The van der Waals surface area contributed by atoms with Crippen molar-refractivity contribution in [2.24, 2.45) is 0 Å². The maximum absolute atomic E-state index is 4.68. The summed E-state index contributed by atoms with van der Waals surface area (Å²) in [7, 11) is 0. The Balaban J connectivity index is 1.11. The lowest BCUT2D eigenvalue weighted by Gasteiger charge is -2.30. The zero-order valence-electron chi connectivity index (χ0n) is 44.1. The van der Waals surface area contributed by atoms with Gasteiger partial charge in [-0.15, -0.1) is 0 Å². The molecule has 13 aromatic rings. The maximum Gasteiger partial charge on any atom is 0.0702 e. The van der Waals surface area contributed by atoms with E-state index in [1.165, 1.54) is 0 Å². The Morgan fingerprint density at radius 3 is 0.750 bits per heavy atom. The second-order valence-electron chi connectivity index (χ2n) is 19.8. The maximum atomic E-state index is 4.68. The van der Waals surface area contributed by atoms with Gasteiger partial charge in [0.2, 0.25) is 0 Å². The molecular weight excluding hydrogens is 967 g/mol. The number of hydrogen-bond acceptors (Lipinski definition) is 3. The van der Waals surface area contributed by atoms with E-state index in [1.54, 1.807) is 0 Å². The first-order valence-electron chi connectivity index (χ1n) is 27.3. The predicted molar refractivity (Wildman–Crippen MR) is 337 cm³/mol. The summed E-state index contributed by atoms with van der Waals surface area (Å²) in [5.74, 6) is 0. The molecule has 0 bridgehead atoms. The molecule has 1 aromatic heterocycles. The summed E-state index contributed by atoms with van der Waals surface area (Å²) in [5, 5.41) is 0. The number of anilines is 6. The molecule has 378 valence electrons. The molecule has 0 spiro atoms. The van der Waals surface area contributed by atoms with Crippen LogP contribution in [0.1, 0.15) is 0 Å². The molecule has 0 atom stereocenters. The highest BCUT2D eigenvalue weighted by molar-refractivity contribution is 6.15. The van der Waals surface area contributed by atoms with E-state index in [1.807, 2.05) is 18.3 Å². The van der Waals surface area contributed by atoms with Crippen LogP contribution in [0.25, 0.3) is 89.1 Å². The Hall–Kier alpha value is -10.6. The second kappa shape index (κ2) is 22.5. The van der Waals surface area contributed by atoms with Gasteiger partial charge in [0.05, 0.1) is 5.69 Å². The molecule has 0 aliphatic rings. The summed E-state index contributed by atoms with van der Waals surface area (Å²) in [6.45, 7) is 0. The zero-order valence-corrected chi connectivity index (χ0v) is 44.1. The van der Waals surface area contributed by atoms with Crippen LogP contribution < -0.4 is 9.80 Å². The Kier molecular flexibility index (Phi) is 13.8. The molecular formula is C77H55N3. The van der Waals surface area contributed by atoms with E-state index in [0.29, 0.717) is 0 Å². The van der Waals surface area contributed by atoms with Gasteiger partial charge in [-0.2, -0.15) is 0 Å². The third-order valence-electron chi connectivity index (χ3n) is 14.9. The van der Waals surface area contributed by atoms with Gasteiger partial charge in [0.25, 0.3) is 0 Å². The highest BCUT2D eigenvalue weighted by atomic mass is 15.1. The molecule has 0 aliphatic heterocycles. The quantitative estimate of drug-likeness (QED) is 0.108. The molecule has 0 saturated heterocycles. The van der Waals surface area contributed by atoms with Gasteiger partial charge in [-0.05, 0) is 169 Å². The van der Waals surface area contributed by atoms with Crippen LogP contribution in [-0.4, -0.2) is 4.98 Å². The van der Waals surface area contributed by atoms with Crippen molar-refractivity contribution in [1.82, 2.24) is 4.98 Å². The van der Waals surface area contributed by atoms with Crippen LogP contribution in [0.2, 0.25) is 0 Å². The molecule has 0 radical (unpaired) electrons. The first-order chi connectivity index (χ1) is 39.7. The molecule has 0 N–H and O–H groups in total. The van der Waals surface area contributed by atoms with Crippen molar-refractivity contribution >= 4 is 34.1 Å². The average molecular weight is 1020 g/mol. The number of para-hydroxylation sites is 4. The molecule has 0 fully saturated rings. The number of benzene rings is 12. The molecule has 12 aromatic carbocycles. The SMILES string of the molecule is c1ccc(-c2c(-c3ccccc3)c(-c3ccc(N(c4ccccc4)c4ccccc4)cc3)c(-c3ccc(N(c4ccccc4)c4ccccc4)cc3)c(-c3ccccc3)c2-c2ccc(-c3cccc(-c4ccccn4)c3)cc2)cc1. The van der Waals surface area contributed by atoms with E-state index in [-0.39, 0.29) is 0 Å². The number of rotatable bonds is 14. The summed E-state index contributed by atoms with van der Waals surface area (Å²) in [6.07, 6.45) is 1.85. The van der Waals surface area contributed by atoms with E-state index in [2.05, 4.69) is 330 Å². The van der Waals surface area contributed by atoms with Crippen LogP contribution in [0.5, 0.6) is 0 Å². The molecule has 0 amide bonds. The normalized spacial score (nSPS) is 11.0. The minimum absolute atomic E-state index is 0.951. The molecule has 0 saturated carbocycles. The fourth-order valence-electron chi connectivity index (χ4n) is 11.3. The van der Waals surface area contributed by atoms with Crippen LogP contribution in [-0.2, 0) is 0 Å². The summed E-state index contributed by atoms with van der Waals surface area (Å²) < 4.78 is 0. The summed E-state index contributed by atoms with van der Waals surface area (Å²) in [5.41, 5.74) is 24.4. The molecule has 0 unspecified atom stereocenters. The van der Waals surface area contributed by atoms with Crippen molar-refractivity contribution in [2.75, 3.05) is 9.80 Å². The predicted octanol–water partition coefficient (Wildman–Crippen LogP) is 21.4. The molecule has 3 heteroatoms. The van der Waals surface area contributed by atoms with Gasteiger partial charge in [0.15, 0.2) is 0 Å². The van der Waals surface area contributed by atoms with Crippen LogP contribution in [0.4, 0.5) is 34.1 Å². The molecule has 3 nitrogen and oxygen atoms in total. The van der Waals surface area contributed by atoms with Crippen molar-refractivity contribution in [3.05, 3.63) is 334 Å². The van der Waals surface area contributed by atoms with E-state index in [0.717, 1.165) is 123 Å². The van der Waals surface area contributed by atoms with Gasteiger partial charge in [0, 0.05) is 45.9 Å². The van der Waals surface area contributed by atoms with Gasteiger partial charge in [-0.3, -0.25) is 4.98 Å². The number of hydrogen-bond donors (Lipinski definition) is 0. The van der Waals surface area contributed by atoms with E-state index >= 15 is 0 Å². The van der Waals surface area contributed by atoms with Crippen molar-refractivity contribution in [2.45, 2.75) is 0 Å². The molecule has 0 aliphatic carbocycles. The fraction of sp³-hybridized carbons (Fsp3) is 0. The standard InChI is InChI=1S/C77H55N3/c1-8-25-57(26-9-1)72-73(58-27-10-2-11-28-58)76(61-46-50-69(51-47-61)79(65-33-14-4-15-34-65)66-35-16-5-17-36-66)77(62-48-52-70(53-49-62)80(67-37-18-6-19-38-67)68-39-20-7-21-40-68)74(59-29-12-3-13-30-59)75(72)60-44-42-56(43-45-60)63-31-24-32-64(55-63)71-41-22-23-54-78-71/h1-55H. The molecule has 80 heavy (non-hydrogen) atoms. The van der Waals surface area contributed by atoms with Gasteiger partial charge < -0.3 is 9.80 Å². The number of pyridine rings is 1.